The lowest BCUT2D eigenvalue weighted by Gasteiger charge is -2.21. The molecule has 0 aliphatic rings. The van der Waals surface area contributed by atoms with Crippen molar-refractivity contribution in [2.45, 2.75) is 46.0 Å². The maximum atomic E-state index is 12.1. The number of hydrogen-bond acceptors (Lipinski definition) is 1. The van der Waals surface area contributed by atoms with E-state index in [1.54, 1.807) is 0 Å². The summed E-state index contributed by atoms with van der Waals surface area (Å²) in [7, 11) is 0. The Morgan fingerprint density at radius 3 is 2.21 bits per heavy atom. The summed E-state index contributed by atoms with van der Waals surface area (Å²) in [6.45, 7) is 5.99. The highest BCUT2D eigenvalue weighted by molar-refractivity contribution is 6.30. The van der Waals surface area contributed by atoms with E-state index in [1.165, 1.54) is 5.56 Å². The zero-order valence-corrected chi connectivity index (χ0v) is 12.7. The van der Waals surface area contributed by atoms with Gasteiger partial charge in [0.05, 0.1) is 0 Å². The third-order valence-corrected chi connectivity index (χ3v) is 3.36. The molecular weight excluding hydrogens is 258 g/mol. The van der Waals surface area contributed by atoms with Gasteiger partial charge in [-0.3, -0.25) is 4.79 Å². The quantitative estimate of drug-likeness (QED) is 0.695. The molecule has 19 heavy (non-hydrogen) atoms. The molecule has 2 nitrogen and oxygen atoms in total. The molecule has 1 aromatic rings. The number of aryl methyl sites for hydroxylation is 1. The largest absolute Gasteiger partial charge is 0.343 e. The van der Waals surface area contributed by atoms with Gasteiger partial charge in [-0.05, 0) is 43.4 Å². The van der Waals surface area contributed by atoms with Crippen LogP contribution in [0.5, 0.6) is 0 Å². The van der Waals surface area contributed by atoms with Crippen LogP contribution in [0.3, 0.4) is 0 Å². The first-order chi connectivity index (χ1) is 9.17. The van der Waals surface area contributed by atoms with Crippen LogP contribution in [0, 0.1) is 0 Å². The molecule has 1 amide bonds. The molecule has 0 heterocycles. The molecule has 0 aliphatic heterocycles. The van der Waals surface area contributed by atoms with Gasteiger partial charge < -0.3 is 4.90 Å². The van der Waals surface area contributed by atoms with Gasteiger partial charge in [-0.2, -0.15) is 0 Å². The maximum Gasteiger partial charge on any atom is 0.222 e. The average molecular weight is 282 g/mol. The molecule has 0 aromatic heterocycles. The Bertz CT molecular complexity index is 369. The topological polar surface area (TPSA) is 20.3 Å². The van der Waals surface area contributed by atoms with Crippen LogP contribution in [-0.2, 0) is 11.2 Å². The Balaban J connectivity index is 2.34. The maximum absolute atomic E-state index is 12.1. The van der Waals surface area contributed by atoms with E-state index in [-0.39, 0.29) is 5.91 Å². The number of nitrogens with zero attached hydrogens (tertiary/aromatic N) is 1. The SMILES string of the molecule is CCCN(CCC)C(=O)CCCc1ccc(Cl)cc1. The number of halogens is 1. The third-order valence-electron chi connectivity index (χ3n) is 3.11. The minimum Gasteiger partial charge on any atom is -0.343 e. The summed E-state index contributed by atoms with van der Waals surface area (Å²) in [4.78, 5) is 14.1. The van der Waals surface area contributed by atoms with Crippen LogP contribution >= 0.6 is 11.6 Å². The predicted molar refractivity (Wildman–Crippen MR) is 81.6 cm³/mol. The van der Waals surface area contributed by atoms with Crippen LogP contribution in [0.4, 0.5) is 0 Å². The minimum absolute atomic E-state index is 0.290. The predicted octanol–water partition coefficient (Wildman–Crippen LogP) is 4.31. The van der Waals surface area contributed by atoms with Crippen molar-refractivity contribution in [1.82, 2.24) is 4.90 Å². The van der Waals surface area contributed by atoms with Crippen LogP contribution in [0.25, 0.3) is 0 Å². The van der Waals surface area contributed by atoms with E-state index in [0.717, 1.165) is 43.8 Å². The lowest BCUT2D eigenvalue weighted by Crippen LogP contribution is -2.32. The van der Waals surface area contributed by atoms with Gasteiger partial charge in [-0.25, -0.2) is 0 Å². The third kappa shape index (κ3) is 6.11. The van der Waals surface area contributed by atoms with Crippen molar-refractivity contribution in [3.8, 4) is 0 Å². The Kier molecular flexibility index (Phi) is 7.57. The molecule has 0 aliphatic carbocycles. The summed E-state index contributed by atoms with van der Waals surface area (Å²) >= 11 is 5.85. The number of carbonyl (C=O) groups excluding carboxylic acids is 1. The number of hydrogen-bond donors (Lipinski definition) is 0. The second-order valence-electron chi connectivity index (χ2n) is 4.86. The molecule has 0 atom stereocenters. The van der Waals surface area contributed by atoms with Gasteiger partial charge in [0.25, 0.3) is 0 Å². The second-order valence-corrected chi connectivity index (χ2v) is 5.30. The Morgan fingerprint density at radius 1 is 1.11 bits per heavy atom. The molecule has 0 bridgehead atoms. The molecule has 0 radical (unpaired) electrons. The van der Waals surface area contributed by atoms with Crippen LogP contribution in [0.2, 0.25) is 5.02 Å². The van der Waals surface area contributed by atoms with Gasteiger partial charge in [0, 0.05) is 24.5 Å². The molecule has 0 saturated carbocycles. The average Bonchev–Trinajstić information content (AvgIpc) is 2.40. The zero-order valence-electron chi connectivity index (χ0n) is 12.0. The summed E-state index contributed by atoms with van der Waals surface area (Å²) in [5.74, 6) is 0.290. The number of carbonyl (C=O) groups is 1. The van der Waals surface area contributed by atoms with Gasteiger partial charge in [-0.1, -0.05) is 37.6 Å². The number of rotatable bonds is 8. The highest BCUT2D eigenvalue weighted by atomic mass is 35.5. The molecule has 106 valence electrons. The summed E-state index contributed by atoms with van der Waals surface area (Å²) < 4.78 is 0. The lowest BCUT2D eigenvalue weighted by molar-refractivity contribution is -0.131. The molecule has 0 unspecified atom stereocenters. The van der Waals surface area contributed by atoms with Gasteiger partial charge in [0.2, 0.25) is 5.91 Å². The monoisotopic (exact) mass is 281 g/mol. The molecular formula is C16H24ClNO. The van der Waals surface area contributed by atoms with Crippen molar-refractivity contribution in [3.05, 3.63) is 34.9 Å². The van der Waals surface area contributed by atoms with Gasteiger partial charge in [0.1, 0.15) is 0 Å². The minimum atomic E-state index is 0.290. The van der Waals surface area contributed by atoms with E-state index in [2.05, 4.69) is 13.8 Å². The summed E-state index contributed by atoms with van der Waals surface area (Å²) in [5, 5.41) is 0.761. The van der Waals surface area contributed by atoms with Crippen molar-refractivity contribution in [1.29, 1.82) is 0 Å². The van der Waals surface area contributed by atoms with E-state index >= 15 is 0 Å². The molecule has 0 saturated heterocycles. The normalized spacial score (nSPS) is 10.5. The van der Waals surface area contributed by atoms with E-state index in [1.807, 2.05) is 29.2 Å². The zero-order chi connectivity index (χ0) is 14.1. The second kappa shape index (κ2) is 8.98. The van der Waals surface area contributed by atoms with Crippen LogP contribution < -0.4 is 0 Å². The van der Waals surface area contributed by atoms with E-state index in [0.29, 0.717) is 6.42 Å². The van der Waals surface area contributed by atoms with Crippen molar-refractivity contribution < 1.29 is 4.79 Å². The van der Waals surface area contributed by atoms with Gasteiger partial charge in [-0.15, -0.1) is 0 Å². The van der Waals surface area contributed by atoms with Crippen molar-refractivity contribution in [2.75, 3.05) is 13.1 Å². The van der Waals surface area contributed by atoms with E-state index < -0.39 is 0 Å². The number of benzene rings is 1. The summed E-state index contributed by atoms with van der Waals surface area (Å²) in [6, 6.07) is 7.86. The first kappa shape index (κ1) is 16.0. The van der Waals surface area contributed by atoms with Gasteiger partial charge in [0.15, 0.2) is 0 Å². The summed E-state index contributed by atoms with van der Waals surface area (Å²) in [6.07, 6.45) is 4.55. The Hall–Kier alpha value is -1.02. The Labute approximate surface area is 121 Å². The lowest BCUT2D eigenvalue weighted by atomic mass is 10.1. The van der Waals surface area contributed by atoms with Crippen molar-refractivity contribution in [2.24, 2.45) is 0 Å². The van der Waals surface area contributed by atoms with E-state index in [9.17, 15) is 4.79 Å². The molecule has 0 spiro atoms. The fourth-order valence-corrected chi connectivity index (χ4v) is 2.28. The fraction of sp³-hybridized carbons (Fsp3) is 0.562. The molecule has 3 heteroatoms. The highest BCUT2D eigenvalue weighted by Crippen LogP contribution is 2.12. The first-order valence-corrected chi connectivity index (χ1v) is 7.57. The fourth-order valence-electron chi connectivity index (χ4n) is 2.15. The van der Waals surface area contributed by atoms with Crippen LogP contribution in [-0.4, -0.2) is 23.9 Å². The molecule has 1 rings (SSSR count). The number of amides is 1. The highest BCUT2D eigenvalue weighted by Gasteiger charge is 2.10. The smallest absolute Gasteiger partial charge is 0.222 e. The van der Waals surface area contributed by atoms with Crippen LogP contribution in [0.15, 0.2) is 24.3 Å². The van der Waals surface area contributed by atoms with E-state index in [4.69, 9.17) is 11.6 Å². The molecule has 0 fully saturated rings. The molecule has 0 N–H and O–H groups in total. The van der Waals surface area contributed by atoms with Gasteiger partial charge >= 0.3 is 0 Å². The molecule has 1 aromatic carbocycles. The summed E-state index contributed by atoms with van der Waals surface area (Å²) in [5.41, 5.74) is 1.25. The van der Waals surface area contributed by atoms with Crippen molar-refractivity contribution in [3.63, 3.8) is 0 Å². The van der Waals surface area contributed by atoms with Crippen LogP contribution in [0.1, 0.15) is 45.1 Å². The Morgan fingerprint density at radius 2 is 1.68 bits per heavy atom. The standard InChI is InChI=1S/C16H24ClNO/c1-3-12-18(13-4-2)16(19)7-5-6-14-8-10-15(17)11-9-14/h8-11H,3-7,12-13H2,1-2H3. The van der Waals surface area contributed by atoms with Crippen molar-refractivity contribution >= 4 is 17.5 Å². The first-order valence-electron chi connectivity index (χ1n) is 7.19.